The molecule has 0 unspecified atom stereocenters. The normalized spacial score (nSPS) is 12.1. The summed E-state index contributed by atoms with van der Waals surface area (Å²) in [6.07, 6.45) is 0. The lowest BCUT2D eigenvalue weighted by atomic mass is 10.1. The molecule has 0 aliphatic rings. The number of rotatable bonds is 12. The minimum Gasteiger partial charge on any atom is -0.497 e. The smallest absolute Gasteiger partial charge is 0.264 e. The van der Waals surface area contributed by atoms with Gasteiger partial charge in [0.15, 0.2) is 0 Å². The minimum atomic E-state index is -4.08. The van der Waals surface area contributed by atoms with Gasteiger partial charge in [0.25, 0.3) is 10.0 Å². The summed E-state index contributed by atoms with van der Waals surface area (Å²) in [5.74, 6) is 0.0272. The number of sulfonamides is 1. The van der Waals surface area contributed by atoms with Crippen LogP contribution in [0.25, 0.3) is 0 Å². The van der Waals surface area contributed by atoms with Crippen molar-refractivity contribution in [3.05, 3.63) is 90.0 Å². The number of anilines is 1. The number of ether oxygens (including phenoxy) is 1. The molecule has 208 valence electrons. The van der Waals surface area contributed by atoms with Gasteiger partial charge in [-0.25, -0.2) is 8.42 Å². The fourth-order valence-electron chi connectivity index (χ4n) is 3.96. The minimum absolute atomic E-state index is 0.0699. The number of nitrogens with one attached hydrogen (secondary N) is 1. The van der Waals surface area contributed by atoms with Crippen molar-refractivity contribution in [2.45, 2.75) is 45.2 Å². The summed E-state index contributed by atoms with van der Waals surface area (Å²) < 4.78 is 33.9. The van der Waals surface area contributed by atoms with Gasteiger partial charge >= 0.3 is 0 Å². The van der Waals surface area contributed by atoms with Crippen LogP contribution in [0.15, 0.2) is 83.8 Å². The molecule has 3 aromatic carbocycles. The van der Waals surface area contributed by atoms with E-state index >= 15 is 0 Å². The monoisotopic (exact) mass is 551 g/mol. The summed E-state index contributed by atoms with van der Waals surface area (Å²) in [7, 11) is -2.53. The second-order valence-corrected chi connectivity index (χ2v) is 11.7. The number of amides is 2. The van der Waals surface area contributed by atoms with E-state index < -0.39 is 28.5 Å². The number of hydrogen-bond donors (Lipinski definition) is 1. The van der Waals surface area contributed by atoms with Crippen LogP contribution >= 0.6 is 0 Å². The average molecular weight is 552 g/mol. The largest absolute Gasteiger partial charge is 0.497 e. The Morgan fingerprint density at radius 2 is 1.59 bits per heavy atom. The summed E-state index contributed by atoms with van der Waals surface area (Å²) in [4.78, 5) is 28.5. The predicted molar refractivity (Wildman–Crippen MR) is 153 cm³/mol. The first-order valence-electron chi connectivity index (χ1n) is 12.9. The Kier molecular flexibility index (Phi) is 10.1. The highest BCUT2D eigenvalue weighted by atomic mass is 32.2. The van der Waals surface area contributed by atoms with Crippen molar-refractivity contribution in [1.29, 1.82) is 0 Å². The molecule has 3 rings (SSSR count). The number of carbonyl (C=O) groups is 2. The first-order chi connectivity index (χ1) is 18.5. The maximum Gasteiger partial charge on any atom is 0.264 e. The highest BCUT2D eigenvalue weighted by Crippen LogP contribution is 2.25. The van der Waals surface area contributed by atoms with E-state index in [0.717, 1.165) is 15.4 Å². The van der Waals surface area contributed by atoms with E-state index in [0.29, 0.717) is 18.0 Å². The quantitative estimate of drug-likeness (QED) is 0.360. The van der Waals surface area contributed by atoms with Gasteiger partial charge in [-0.05, 0) is 61.7 Å². The Morgan fingerprint density at radius 3 is 2.21 bits per heavy atom. The molecule has 0 radical (unpaired) electrons. The molecule has 0 aliphatic carbocycles. The Balaban J connectivity index is 2.00. The first-order valence-corrected chi connectivity index (χ1v) is 14.3. The fraction of sp³-hybridized carbons (Fsp3) is 0.333. The molecule has 39 heavy (non-hydrogen) atoms. The summed E-state index contributed by atoms with van der Waals surface area (Å²) in [6, 6.07) is 21.3. The Morgan fingerprint density at radius 1 is 0.923 bits per heavy atom. The average Bonchev–Trinajstić information content (AvgIpc) is 2.93. The molecule has 3 aromatic rings. The van der Waals surface area contributed by atoms with Crippen LogP contribution in [0.4, 0.5) is 5.69 Å². The maximum absolute atomic E-state index is 13.9. The number of methoxy groups -OCH3 is 1. The van der Waals surface area contributed by atoms with Crippen molar-refractivity contribution in [2.24, 2.45) is 5.92 Å². The zero-order chi connectivity index (χ0) is 28.6. The Hall–Kier alpha value is -3.85. The second-order valence-electron chi connectivity index (χ2n) is 9.85. The summed E-state index contributed by atoms with van der Waals surface area (Å²) >= 11 is 0. The molecular formula is C30H37N3O5S. The summed E-state index contributed by atoms with van der Waals surface area (Å²) in [5, 5.41) is 2.88. The third-order valence-corrected chi connectivity index (χ3v) is 8.06. The van der Waals surface area contributed by atoms with Crippen LogP contribution in [0.2, 0.25) is 0 Å². The van der Waals surface area contributed by atoms with Gasteiger partial charge in [0.05, 0.1) is 17.7 Å². The lowest BCUT2D eigenvalue weighted by Gasteiger charge is -2.32. The fourth-order valence-corrected chi connectivity index (χ4v) is 5.40. The van der Waals surface area contributed by atoms with Gasteiger partial charge in [-0.1, -0.05) is 61.9 Å². The van der Waals surface area contributed by atoms with Crippen LogP contribution in [0, 0.1) is 12.8 Å². The van der Waals surface area contributed by atoms with Crippen molar-refractivity contribution in [3.8, 4) is 5.75 Å². The SMILES string of the molecule is COc1cccc(CN(C(=O)CN(c2ccc(C)cc2)S(=O)(=O)c2ccccc2)[C@@H](C)C(=O)NCC(C)C)c1. The molecule has 0 saturated heterocycles. The van der Waals surface area contributed by atoms with Crippen molar-refractivity contribution in [1.82, 2.24) is 10.2 Å². The van der Waals surface area contributed by atoms with Crippen LogP contribution in [0.3, 0.4) is 0 Å². The maximum atomic E-state index is 13.9. The highest BCUT2D eigenvalue weighted by molar-refractivity contribution is 7.92. The molecule has 0 saturated carbocycles. The molecule has 0 spiro atoms. The van der Waals surface area contributed by atoms with Crippen LogP contribution in [0.5, 0.6) is 5.75 Å². The van der Waals surface area contributed by atoms with Gasteiger partial charge in [0.1, 0.15) is 18.3 Å². The van der Waals surface area contributed by atoms with E-state index in [1.807, 2.05) is 26.8 Å². The van der Waals surface area contributed by atoms with Crippen LogP contribution in [-0.4, -0.2) is 51.4 Å². The lowest BCUT2D eigenvalue weighted by molar-refractivity contribution is -0.139. The van der Waals surface area contributed by atoms with E-state index in [1.165, 1.54) is 17.0 Å². The number of carbonyl (C=O) groups excluding carboxylic acids is 2. The van der Waals surface area contributed by atoms with Crippen LogP contribution < -0.4 is 14.4 Å². The van der Waals surface area contributed by atoms with E-state index in [4.69, 9.17) is 4.74 Å². The number of benzene rings is 3. The van der Waals surface area contributed by atoms with E-state index in [-0.39, 0.29) is 23.3 Å². The molecular weight excluding hydrogens is 514 g/mol. The molecule has 0 aliphatic heterocycles. The predicted octanol–water partition coefficient (Wildman–Crippen LogP) is 4.39. The molecule has 1 N–H and O–H groups in total. The second kappa shape index (κ2) is 13.3. The van der Waals surface area contributed by atoms with E-state index in [2.05, 4.69) is 5.32 Å². The highest BCUT2D eigenvalue weighted by Gasteiger charge is 2.32. The van der Waals surface area contributed by atoms with Crippen molar-refractivity contribution < 1.29 is 22.7 Å². The van der Waals surface area contributed by atoms with Crippen LogP contribution in [-0.2, 0) is 26.2 Å². The summed E-state index contributed by atoms with van der Waals surface area (Å²) in [5.41, 5.74) is 2.06. The van der Waals surface area contributed by atoms with Crippen molar-refractivity contribution >= 4 is 27.5 Å². The molecule has 0 bridgehead atoms. The van der Waals surface area contributed by atoms with Gasteiger partial charge in [-0.2, -0.15) is 0 Å². The van der Waals surface area contributed by atoms with Gasteiger partial charge in [0, 0.05) is 13.1 Å². The third kappa shape index (κ3) is 7.83. The molecule has 1 atom stereocenters. The topological polar surface area (TPSA) is 96.0 Å². The first kappa shape index (κ1) is 29.7. The van der Waals surface area contributed by atoms with Crippen molar-refractivity contribution in [3.63, 3.8) is 0 Å². The molecule has 2 amide bonds. The Labute approximate surface area is 231 Å². The molecule has 0 fully saturated rings. The lowest BCUT2D eigenvalue weighted by Crippen LogP contribution is -2.51. The number of nitrogens with zero attached hydrogens (tertiary/aromatic N) is 2. The standard InChI is InChI=1S/C30H37N3O5S/c1-22(2)19-31-30(35)24(4)32(20-25-10-9-11-27(18-25)38-5)29(34)21-33(26-16-14-23(3)15-17-26)39(36,37)28-12-7-6-8-13-28/h6-18,22,24H,19-21H2,1-5H3,(H,31,35)/t24-/m0/s1. The molecule has 9 heteroatoms. The van der Waals surface area contributed by atoms with Crippen molar-refractivity contribution in [2.75, 3.05) is 24.5 Å². The van der Waals surface area contributed by atoms with Gasteiger partial charge in [0.2, 0.25) is 11.8 Å². The summed E-state index contributed by atoms with van der Waals surface area (Å²) in [6.45, 7) is 7.59. The molecule has 0 aromatic heterocycles. The number of hydrogen-bond acceptors (Lipinski definition) is 5. The zero-order valence-electron chi connectivity index (χ0n) is 23.1. The van der Waals surface area contributed by atoms with Gasteiger partial charge in [-0.3, -0.25) is 13.9 Å². The third-order valence-electron chi connectivity index (χ3n) is 6.27. The van der Waals surface area contributed by atoms with Gasteiger partial charge < -0.3 is 15.0 Å². The molecule has 0 heterocycles. The zero-order valence-corrected chi connectivity index (χ0v) is 23.9. The molecule has 8 nitrogen and oxygen atoms in total. The Bertz CT molecular complexity index is 1360. The number of aryl methyl sites for hydroxylation is 1. The van der Waals surface area contributed by atoms with Gasteiger partial charge in [-0.15, -0.1) is 0 Å². The van der Waals surface area contributed by atoms with E-state index in [9.17, 15) is 18.0 Å². The van der Waals surface area contributed by atoms with Crippen LogP contribution in [0.1, 0.15) is 31.9 Å². The van der Waals surface area contributed by atoms with E-state index in [1.54, 1.807) is 74.7 Å².